The van der Waals surface area contributed by atoms with Crippen LogP contribution in [0, 0.1) is 0 Å². The van der Waals surface area contributed by atoms with E-state index < -0.39 is 16.1 Å². The van der Waals surface area contributed by atoms with Crippen molar-refractivity contribution in [2.45, 2.75) is 26.2 Å². The lowest BCUT2D eigenvalue weighted by Gasteiger charge is -2.29. The second kappa shape index (κ2) is 8.94. The van der Waals surface area contributed by atoms with Crippen molar-refractivity contribution in [2.24, 2.45) is 0 Å². The van der Waals surface area contributed by atoms with Crippen molar-refractivity contribution < 1.29 is 4.42 Å². The molecule has 0 aliphatic carbocycles. The lowest BCUT2D eigenvalue weighted by atomic mass is 10.0. The molecule has 2 aliphatic rings. The van der Waals surface area contributed by atoms with E-state index in [2.05, 4.69) is 158 Å². The summed E-state index contributed by atoms with van der Waals surface area (Å²) in [4.78, 5) is 2.46. The minimum atomic E-state index is -1.99. The highest BCUT2D eigenvalue weighted by atomic mass is 28.3. The molecule has 2 nitrogen and oxygen atoms in total. The highest BCUT2D eigenvalue weighted by molar-refractivity contribution is 7.04. The van der Waals surface area contributed by atoms with E-state index in [0.29, 0.717) is 0 Å². The third kappa shape index (κ3) is 3.41. The van der Waals surface area contributed by atoms with Gasteiger partial charge >= 0.3 is 0 Å². The molecule has 9 rings (SSSR count). The largest absolute Gasteiger partial charge is 0.455 e. The first-order chi connectivity index (χ1) is 21.3. The Hall–Kier alpha value is -4.65. The molecule has 1 aromatic heterocycles. The molecule has 0 radical (unpaired) electrons. The molecule has 0 amide bonds. The summed E-state index contributed by atoms with van der Waals surface area (Å²) >= 11 is 0. The number of hydrogen-bond donors (Lipinski definition) is 0. The maximum absolute atomic E-state index is 6.57. The summed E-state index contributed by atoms with van der Waals surface area (Å²) in [7, 11) is -3.80. The van der Waals surface area contributed by atoms with E-state index in [1.54, 1.807) is 5.19 Å². The Labute approximate surface area is 260 Å². The van der Waals surface area contributed by atoms with Crippen LogP contribution in [-0.4, -0.2) is 16.1 Å². The van der Waals surface area contributed by atoms with Crippen molar-refractivity contribution >= 4 is 75.9 Å². The SMILES string of the molecule is C[Si]1(C)c2ccccc2-c2ccc(N(c3ccccc3)c3ccc4c(c3)[Si](C)(C)c3ccc5c(oc6ccccc65)c3-4)cc21. The molecule has 7 aromatic rings. The second-order valence-corrected chi connectivity index (χ2v) is 22.0. The van der Waals surface area contributed by atoms with Crippen molar-refractivity contribution in [2.75, 3.05) is 4.90 Å². The Morgan fingerprint density at radius 1 is 0.455 bits per heavy atom. The Morgan fingerprint density at radius 3 is 1.86 bits per heavy atom. The van der Waals surface area contributed by atoms with Crippen LogP contribution in [0.2, 0.25) is 26.2 Å². The second-order valence-electron chi connectivity index (χ2n) is 13.4. The highest BCUT2D eigenvalue weighted by Crippen LogP contribution is 2.42. The number of rotatable bonds is 3. The van der Waals surface area contributed by atoms with Gasteiger partial charge in [-0.3, -0.25) is 0 Å². The van der Waals surface area contributed by atoms with Gasteiger partial charge in [0.05, 0.1) is 0 Å². The van der Waals surface area contributed by atoms with Gasteiger partial charge in [-0.1, -0.05) is 111 Å². The van der Waals surface area contributed by atoms with Gasteiger partial charge in [0.15, 0.2) is 0 Å². The van der Waals surface area contributed by atoms with Crippen LogP contribution in [0.25, 0.3) is 44.2 Å². The predicted octanol–water partition coefficient (Wildman–Crippen LogP) is 8.66. The van der Waals surface area contributed by atoms with Crippen molar-refractivity contribution in [1.29, 1.82) is 0 Å². The Kier molecular flexibility index (Phi) is 5.25. The molecule has 0 N–H and O–H groups in total. The molecule has 0 spiro atoms. The van der Waals surface area contributed by atoms with Crippen LogP contribution in [0.4, 0.5) is 17.1 Å². The first kappa shape index (κ1) is 25.8. The minimum Gasteiger partial charge on any atom is -0.455 e. The molecule has 6 aromatic carbocycles. The summed E-state index contributed by atoms with van der Waals surface area (Å²) in [5.41, 5.74) is 11.0. The summed E-state index contributed by atoms with van der Waals surface area (Å²) in [5, 5.41) is 8.40. The number of benzene rings is 6. The smallest absolute Gasteiger partial charge is 0.143 e. The van der Waals surface area contributed by atoms with E-state index in [-0.39, 0.29) is 0 Å². The van der Waals surface area contributed by atoms with E-state index in [1.807, 2.05) is 0 Å². The Morgan fingerprint density at radius 2 is 1.07 bits per heavy atom. The standard InChI is InChI=1S/C40H33NOSi2/c1-43(2)35-17-11-9-15-30(35)31-20-18-27(24-37(31)43)41(26-12-6-5-7-13-26)28-19-21-33-38(25-28)44(3,4)36-23-22-32-29-14-8-10-16-34(29)42-40(32)39(33)36/h5-25H,1-4H3. The Bertz CT molecular complexity index is 2300. The molecule has 4 heteroatoms. The van der Waals surface area contributed by atoms with Crippen LogP contribution < -0.4 is 25.6 Å². The topological polar surface area (TPSA) is 16.4 Å². The normalized spacial score (nSPS) is 15.2. The molecule has 3 heterocycles. The van der Waals surface area contributed by atoms with Gasteiger partial charge in [0.25, 0.3) is 0 Å². The maximum Gasteiger partial charge on any atom is 0.143 e. The van der Waals surface area contributed by atoms with Gasteiger partial charge < -0.3 is 9.32 Å². The molecule has 0 atom stereocenters. The molecule has 0 bridgehead atoms. The first-order valence-electron chi connectivity index (χ1n) is 15.5. The molecule has 2 aliphatic heterocycles. The third-order valence-corrected chi connectivity index (χ3v) is 17.3. The zero-order valence-electron chi connectivity index (χ0n) is 25.5. The van der Waals surface area contributed by atoms with Gasteiger partial charge in [0, 0.05) is 33.4 Å². The van der Waals surface area contributed by atoms with Crippen LogP contribution in [0.15, 0.2) is 132 Å². The van der Waals surface area contributed by atoms with Crippen LogP contribution in [0.1, 0.15) is 0 Å². The molecular weight excluding hydrogens is 567 g/mol. The maximum atomic E-state index is 6.57. The minimum absolute atomic E-state index is 0.959. The number of fused-ring (bicyclic) bond motifs is 10. The lowest BCUT2D eigenvalue weighted by Crippen LogP contribution is -2.49. The number of furan rings is 1. The monoisotopic (exact) mass is 599 g/mol. The van der Waals surface area contributed by atoms with E-state index in [9.17, 15) is 0 Å². The number of nitrogens with zero attached hydrogens (tertiary/aromatic N) is 1. The van der Waals surface area contributed by atoms with Crippen LogP contribution in [-0.2, 0) is 0 Å². The fourth-order valence-corrected chi connectivity index (χ4v) is 14.1. The quantitative estimate of drug-likeness (QED) is 0.189. The predicted molar refractivity (Wildman–Crippen MR) is 193 cm³/mol. The highest BCUT2D eigenvalue weighted by Gasteiger charge is 2.41. The van der Waals surface area contributed by atoms with Crippen molar-refractivity contribution in [1.82, 2.24) is 0 Å². The molecule has 0 saturated heterocycles. The molecule has 44 heavy (non-hydrogen) atoms. The van der Waals surface area contributed by atoms with Gasteiger partial charge in [0.2, 0.25) is 0 Å². The Balaban J connectivity index is 1.24. The summed E-state index contributed by atoms with van der Waals surface area (Å²) < 4.78 is 6.57. The van der Waals surface area contributed by atoms with Gasteiger partial charge in [-0.25, -0.2) is 0 Å². The first-order valence-corrected chi connectivity index (χ1v) is 21.5. The van der Waals surface area contributed by atoms with Gasteiger partial charge in [-0.05, 0) is 79.9 Å². The van der Waals surface area contributed by atoms with Crippen molar-refractivity contribution in [3.8, 4) is 22.3 Å². The summed E-state index contributed by atoms with van der Waals surface area (Å²) in [6.45, 7) is 9.97. The van der Waals surface area contributed by atoms with Crippen molar-refractivity contribution in [3.05, 3.63) is 127 Å². The third-order valence-electron chi connectivity index (χ3n) is 10.3. The van der Waals surface area contributed by atoms with Crippen LogP contribution >= 0.6 is 0 Å². The van der Waals surface area contributed by atoms with Crippen LogP contribution in [0.3, 0.4) is 0 Å². The van der Waals surface area contributed by atoms with E-state index in [1.165, 1.54) is 65.6 Å². The van der Waals surface area contributed by atoms with Gasteiger partial charge in [-0.2, -0.15) is 0 Å². The molecule has 0 unspecified atom stereocenters. The average Bonchev–Trinajstić information content (AvgIpc) is 3.62. The fourth-order valence-electron chi connectivity index (χ4n) is 7.98. The molecule has 0 saturated carbocycles. The number of para-hydroxylation sites is 2. The van der Waals surface area contributed by atoms with Gasteiger partial charge in [-0.15, -0.1) is 0 Å². The zero-order chi connectivity index (χ0) is 29.8. The lowest BCUT2D eigenvalue weighted by molar-refractivity contribution is 0.670. The fraction of sp³-hybridized carbons (Fsp3) is 0.100. The van der Waals surface area contributed by atoms with Crippen molar-refractivity contribution in [3.63, 3.8) is 0 Å². The number of hydrogen-bond acceptors (Lipinski definition) is 2. The average molecular weight is 600 g/mol. The molecular formula is C40H33NOSi2. The van der Waals surface area contributed by atoms with E-state index in [4.69, 9.17) is 4.42 Å². The van der Waals surface area contributed by atoms with Crippen LogP contribution in [0.5, 0.6) is 0 Å². The summed E-state index contributed by atoms with van der Waals surface area (Å²) in [6, 6.07) is 47.3. The number of anilines is 3. The summed E-state index contributed by atoms with van der Waals surface area (Å²) in [5.74, 6) is 0. The zero-order valence-corrected chi connectivity index (χ0v) is 27.5. The van der Waals surface area contributed by atoms with Gasteiger partial charge in [0.1, 0.15) is 27.3 Å². The van der Waals surface area contributed by atoms with E-state index >= 15 is 0 Å². The summed E-state index contributed by atoms with van der Waals surface area (Å²) in [6.07, 6.45) is 0. The molecule has 212 valence electrons. The molecule has 0 fully saturated rings. The van der Waals surface area contributed by atoms with E-state index in [0.717, 1.165) is 11.2 Å².